The Kier molecular flexibility index (Phi) is 7.56. The van der Waals surface area contributed by atoms with Crippen LogP contribution in [0.1, 0.15) is 37.3 Å². The first-order chi connectivity index (χ1) is 20.2. The molecule has 232 valence electrons. The summed E-state index contributed by atoms with van der Waals surface area (Å²) in [4.78, 5) is 58.1. The van der Waals surface area contributed by atoms with Gasteiger partial charge in [-0.05, 0) is 70.4 Å². The van der Waals surface area contributed by atoms with Crippen LogP contribution in [0.2, 0.25) is 0 Å². The lowest BCUT2D eigenvalue weighted by Gasteiger charge is -2.50. The van der Waals surface area contributed by atoms with Gasteiger partial charge in [0, 0.05) is 31.3 Å². The number of hydrogen-bond acceptors (Lipinski definition) is 11. The second-order valence-electron chi connectivity index (χ2n) is 12.3. The number of Topliss-reactive ketones (excluding diaryl/α,β-unsaturated/α-hetero) is 2. The minimum Gasteiger partial charge on any atom is -0.508 e. The van der Waals surface area contributed by atoms with Gasteiger partial charge in [-0.15, -0.1) is 0 Å². The Morgan fingerprint density at radius 2 is 1.84 bits per heavy atom. The zero-order valence-electron chi connectivity index (χ0n) is 25.0. The van der Waals surface area contributed by atoms with Crippen LogP contribution in [0, 0.1) is 11.8 Å². The molecule has 3 aliphatic carbocycles. The molecule has 0 spiro atoms. The largest absolute Gasteiger partial charge is 0.508 e. The first-order valence-corrected chi connectivity index (χ1v) is 14.4. The highest BCUT2D eigenvalue weighted by Crippen LogP contribution is 2.54. The van der Waals surface area contributed by atoms with Crippen molar-refractivity contribution in [3.8, 4) is 5.75 Å². The molecule has 5 atom stereocenters. The van der Waals surface area contributed by atoms with Crippen molar-refractivity contribution < 1.29 is 39.6 Å². The molecule has 0 radical (unpaired) electrons. The van der Waals surface area contributed by atoms with Gasteiger partial charge in [0.25, 0.3) is 5.91 Å². The Bertz CT molecular complexity index is 1500. The van der Waals surface area contributed by atoms with Crippen molar-refractivity contribution in [2.24, 2.45) is 17.6 Å². The molecule has 7 N–H and O–H groups in total. The number of benzene rings is 1. The molecule has 1 heterocycles. The smallest absolute Gasteiger partial charge is 0.255 e. The van der Waals surface area contributed by atoms with E-state index in [9.17, 15) is 39.6 Å². The summed E-state index contributed by atoms with van der Waals surface area (Å²) in [6, 6.07) is 0.0883. The Hall–Kier alpha value is -3.94. The van der Waals surface area contributed by atoms with Crippen molar-refractivity contribution in [3.05, 3.63) is 34.1 Å². The number of aliphatic hydroxyl groups is 3. The van der Waals surface area contributed by atoms with Crippen LogP contribution >= 0.6 is 0 Å². The van der Waals surface area contributed by atoms with Gasteiger partial charge in [-0.25, -0.2) is 0 Å². The number of aliphatic hydroxyl groups excluding tert-OH is 2. The van der Waals surface area contributed by atoms with Crippen LogP contribution in [0.15, 0.2) is 23.0 Å². The Labute approximate surface area is 249 Å². The summed E-state index contributed by atoms with van der Waals surface area (Å²) in [5.41, 5.74) is 2.64. The summed E-state index contributed by atoms with van der Waals surface area (Å²) in [5, 5.41) is 48.7. The maximum Gasteiger partial charge on any atom is 0.255 e. The van der Waals surface area contributed by atoms with E-state index in [4.69, 9.17) is 5.73 Å². The maximum absolute atomic E-state index is 14.1. The second-order valence-corrected chi connectivity index (χ2v) is 12.3. The molecule has 0 bridgehead atoms. The second kappa shape index (κ2) is 10.6. The van der Waals surface area contributed by atoms with Crippen molar-refractivity contribution in [2.75, 3.05) is 51.5 Å². The van der Waals surface area contributed by atoms with Crippen molar-refractivity contribution in [3.63, 3.8) is 0 Å². The van der Waals surface area contributed by atoms with E-state index in [0.29, 0.717) is 24.2 Å². The molecule has 1 saturated heterocycles. The third kappa shape index (κ3) is 4.40. The van der Waals surface area contributed by atoms with Crippen LogP contribution < -0.4 is 16.0 Å². The molecular weight excluding hydrogens is 558 g/mol. The van der Waals surface area contributed by atoms with Gasteiger partial charge in [-0.1, -0.05) is 6.92 Å². The quantitative estimate of drug-likeness (QED) is 0.197. The topological polar surface area (TPSA) is 197 Å². The lowest BCUT2D eigenvalue weighted by atomic mass is 9.57. The number of aromatic hydroxyl groups is 1. The molecule has 43 heavy (non-hydrogen) atoms. The summed E-state index contributed by atoms with van der Waals surface area (Å²) >= 11 is 0. The number of amides is 2. The number of carbonyl (C=O) groups excluding carboxylic acids is 4. The van der Waals surface area contributed by atoms with E-state index in [-0.39, 0.29) is 41.6 Å². The van der Waals surface area contributed by atoms with Gasteiger partial charge in [0.15, 0.2) is 11.4 Å². The number of fused-ring (bicyclic) bond motifs is 3. The van der Waals surface area contributed by atoms with Gasteiger partial charge in [0.1, 0.15) is 22.8 Å². The van der Waals surface area contributed by atoms with Gasteiger partial charge in [0.05, 0.1) is 23.3 Å². The van der Waals surface area contributed by atoms with Crippen LogP contribution in [0.25, 0.3) is 5.76 Å². The highest BCUT2D eigenvalue weighted by Gasteiger charge is 2.64. The third-order valence-corrected chi connectivity index (χ3v) is 9.51. The van der Waals surface area contributed by atoms with Gasteiger partial charge in [-0.2, -0.15) is 0 Å². The molecule has 13 nitrogen and oxygen atoms in total. The van der Waals surface area contributed by atoms with E-state index in [1.807, 2.05) is 11.8 Å². The third-order valence-electron chi connectivity index (χ3n) is 9.51. The van der Waals surface area contributed by atoms with Crippen molar-refractivity contribution in [1.82, 2.24) is 9.80 Å². The first kappa shape index (κ1) is 30.5. The normalized spacial score (nSPS) is 29.0. The lowest BCUT2D eigenvalue weighted by molar-refractivity contribution is -0.153. The maximum atomic E-state index is 14.1. The number of hydrogen-bond donors (Lipinski definition) is 6. The number of rotatable bonds is 6. The number of nitrogens with one attached hydrogen (secondary N) is 1. The minimum atomic E-state index is -2.72. The predicted molar refractivity (Wildman–Crippen MR) is 157 cm³/mol. The van der Waals surface area contributed by atoms with Crippen molar-refractivity contribution >= 4 is 40.5 Å². The van der Waals surface area contributed by atoms with E-state index < -0.39 is 63.8 Å². The van der Waals surface area contributed by atoms with Gasteiger partial charge >= 0.3 is 0 Å². The summed E-state index contributed by atoms with van der Waals surface area (Å²) in [7, 11) is 6.64. The monoisotopic (exact) mass is 597 g/mol. The number of carbonyl (C=O) groups is 4. The highest BCUT2D eigenvalue weighted by atomic mass is 16.3. The van der Waals surface area contributed by atoms with Gasteiger partial charge in [-0.3, -0.25) is 29.0 Å². The molecule has 1 aliphatic heterocycles. The SMILES string of the molecule is CCN1CCCC1C(=O)Nc1cc(N(C)C)c2c(c1O)C(O)=C1C(=O)[C@]3(O)C(O)=C(C(N)=O)C(=O)[C@@H](N(C)C)[C@@H]3C[C@@H]1C2. The summed E-state index contributed by atoms with van der Waals surface area (Å²) in [5.74, 6) is -7.53. The Morgan fingerprint density at radius 1 is 1.16 bits per heavy atom. The van der Waals surface area contributed by atoms with Crippen LogP contribution in [0.4, 0.5) is 11.4 Å². The zero-order chi connectivity index (χ0) is 31.7. The standard InChI is InChI=1S/C30H39N5O8/c1-6-35-9-7-8-17(35)29(42)32-16-12-18(33(2)3)14-10-13-11-15-22(34(4)5)25(38)21(28(31)41)27(40)30(15,43)26(39)19(13)24(37)20(14)23(16)36/h12-13,15,17,22,36-37,40,43H,6-11H2,1-5H3,(H2,31,41)(H,32,42)/t13-,15-,17?,22-,30-/m0/s1. The zero-order valence-corrected chi connectivity index (χ0v) is 25.0. The van der Waals surface area contributed by atoms with Crippen molar-refractivity contribution in [1.29, 1.82) is 0 Å². The summed E-state index contributed by atoms with van der Waals surface area (Å²) in [6.07, 6.45) is 1.67. The Morgan fingerprint density at radius 3 is 2.42 bits per heavy atom. The van der Waals surface area contributed by atoms with Gasteiger partial charge < -0.3 is 36.4 Å². The number of likely N-dealkylation sites (N-methyl/N-ethyl adjacent to an activating group) is 2. The molecule has 1 aromatic carbocycles. The number of nitrogens with zero attached hydrogens (tertiary/aromatic N) is 3. The van der Waals surface area contributed by atoms with Crippen molar-refractivity contribution in [2.45, 2.75) is 50.3 Å². The van der Waals surface area contributed by atoms with Crippen LogP contribution in [-0.4, -0.2) is 113 Å². The molecule has 0 aromatic heterocycles. The number of phenols is 1. The molecule has 1 saturated carbocycles. The summed E-state index contributed by atoms with van der Waals surface area (Å²) < 4.78 is 0. The van der Waals surface area contributed by atoms with Crippen LogP contribution in [0.3, 0.4) is 0 Å². The molecular formula is C30H39N5O8. The van der Waals surface area contributed by atoms with Crippen LogP contribution in [-0.2, 0) is 25.6 Å². The fourth-order valence-electron chi connectivity index (χ4n) is 7.50. The van der Waals surface area contributed by atoms with E-state index >= 15 is 0 Å². The molecule has 5 rings (SSSR count). The molecule has 1 aromatic rings. The average Bonchev–Trinajstić information content (AvgIpc) is 3.41. The molecule has 13 heteroatoms. The lowest BCUT2D eigenvalue weighted by Crippen LogP contribution is -2.65. The number of likely N-dealkylation sites (tertiary alicyclic amines) is 1. The number of phenolic OH excluding ortho intramolecular Hbond substituents is 1. The van der Waals surface area contributed by atoms with E-state index in [2.05, 4.69) is 5.32 Å². The molecule has 2 fully saturated rings. The predicted octanol–water partition coefficient (Wildman–Crippen LogP) is 0.453. The fourth-order valence-corrected chi connectivity index (χ4v) is 7.50. The molecule has 4 aliphatic rings. The van der Waals surface area contributed by atoms with E-state index in [1.54, 1.807) is 39.2 Å². The number of nitrogens with two attached hydrogens (primary N) is 1. The highest BCUT2D eigenvalue weighted by molar-refractivity contribution is 6.24. The summed E-state index contributed by atoms with van der Waals surface area (Å²) in [6.45, 7) is 3.44. The number of primary amides is 1. The molecule has 2 amide bonds. The molecule has 1 unspecified atom stereocenters. The minimum absolute atomic E-state index is 0.00753. The van der Waals surface area contributed by atoms with Crippen LogP contribution in [0.5, 0.6) is 5.75 Å². The first-order valence-electron chi connectivity index (χ1n) is 14.4. The van der Waals surface area contributed by atoms with E-state index in [0.717, 1.165) is 13.0 Å². The number of anilines is 2. The fraction of sp³-hybridized carbons (Fsp3) is 0.533. The van der Waals surface area contributed by atoms with Gasteiger partial charge in [0.2, 0.25) is 11.7 Å². The average molecular weight is 598 g/mol. The van der Waals surface area contributed by atoms with E-state index in [1.165, 1.54) is 4.90 Å². The number of ketones is 2. The Balaban J connectivity index is 1.66.